The second kappa shape index (κ2) is 4.75. The van der Waals surface area contributed by atoms with Crippen molar-refractivity contribution in [3.63, 3.8) is 0 Å². The minimum absolute atomic E-state index is 0.0698. The summed E-state index contributed by atoms with van der Waals surface area (Å²) in [4.78, 5) is 9.96. The highest BCUT2D eigenvalue weighted by atomic mass is 19.1. The van der Waals surface area contributed by atoms with Gasteiger partial charge >= 0.3 is 5.88 Å². The molecule has 0 atom stereocenters. The van der Waals surface area contributed by atoms with E-state index in [9.17, 15) is 14.5 Å². The summed E-state index contributed by atoms with van der Waals surface area (Å²) in [5, 5.41) is 14.3. The summed E-state index contributed by atoms with van der Waals surface area (Å²) in [5.74, 6) is -1.00. The van der Waals surface area contributed by atoms with Gasteiger partial charge in [0.1, 0.15) is 10.7 Å². The Bertz CT molecular complexity index is 824. The van der Waals surface area contributed by atoms with Crippen LogP contribution >= 0.6 is 0 Å². The molecule has 0 saturated carbocycles. The van der Waals surface area contributed by atoms with E-state index in [0.29, 0.717) is 0 Å². The average Bonchev–Trinajstić information content (AvgIpc) is 3.06. The number of aromatic nitrogens is 1. The topological polar surface area (TPSA) is 108 Å². The molecule has 3 rings (SSSR count). The van der Waals surface area contributed by atoms with Gasteiger partial charge in [-0.25, -0.2) is 4.39 Å². The van der Waals surface area contributed by atoms with E-state index in [-0.39, 0.29) is 28.5 Å². The van der Waals surface area contributed by atoms with Crippen LogP contribution in [-0.4, -0.2) is 10.1 Å². The monoisotopic (exact) mass is 289 g/mol. The number of benzene rings is 1. The number of rotatable bonds is 3. The Morgan fingerprint density at radius 3 is 2.67 bits per heavy atom. The zero-order valence-electron chi connectivity index (χ0n) is 10.4. The first-order valence-electron chi connectivity index (χ1n) is 5.82. The molecule has 0 radical (unpaired) electrons. The van der Waals surface area contributed by atoms with E-state index >= 15 is 0 Å². The molecule has 21 heavy (non-hydrogen) atoms. The van der Waals surface area contributed by atoms with Crippen molar-refractivity contribution in [1.82, 2.24) is 5.16 Å². The molecule has 0 aliphatic carbocycles. The molecule has 0 fully saturated rings. The van der Waals surface area contributed by atoms with Crippen molar-refractivity contribution >= 4 is 11.8 Å². The lowest BCUT2D eigenvalue weighted by molar-refractivity contribution is -0.401. The fourth-order valence-electron chi connectivity index (χ4n) is 1.95. The summed E-state index contributed by atoms with van der Waals surface area (Å²) < 4.78 is 23.8. The third kappa shape index (κ3) is 2.12. The van der Waals surface area contributed by atoms with Crippen molar-refractivity contribution in [3.05, 3.63) is 52.3 Å². The third-order valence-corrected chi connectivity index (χ3v) is 2.87. The van der Waals surface area contributed by atoms with Crippen LogP contribution in [0.4, 0.5) is 16.2 Å². The van der Waals surface area contributed by atoms with Crippen LogP contribution in [0, 0.1) is 15.9 Å². The molecule has 106 valence electrons. The minimum atomic E-state index is -0.685. The zero-order chi connectivity index (χ0) is 15.0. The van der Waals surface area contributed by atoms with Crippen LogP contribution in [0.15, 0.2) is 45.3 Å². The maximum Gasteiger partial charge on any atom is 0.433 e. The highest BCUT2D eigenvalue weighted by molar-refractivity contribution is 5.85. The van der Waals surface area contributed by atoms with E-state index in [0.717, 1.165) is 0 Å². The first-order valence-corrected chi connectivity index (χ1v) is 5.82. The lowest BCUT2D eigenvalue weighted by Crippen LogP contribution is -1.90. The summed E-state index contributed by atoms with van der Waals surface area (Å²) in [6.45, 7) is 0. The number of nitro groups is 1. The average molecular weight is 289 g/mol. The smallest absolute Gasteiger partial charge is 0.399 e. The van der Waals surface area contributed by atoms with Crippen LogP contribution in [0.2, 0.25) is 0 Å². The molecule has 0 aliphatic heterocycles. The lowest BCUT2D eigenvalue weighted by atomic mass is 10.0. The molecular weight excluding hydrogens is 281 g/mol. The number of nitrogens with two attached hydrogens (primary N) is 1. The van der Waals surface area contributed by atoms with E-state index in [1.165, 1.54) is 30.3 Å². The van der Waals surface area contributed by atoms with Gasteiger partial charge in [0.15, 0.2) is 11.5 Å². The predicted molar refractivity (Wildman–Crippen MR) is 70.7 cm³/mol. The van der Waals surface area contributed by atoms with E-state index < -0.39 is 16.6 Å². The molecule has 1 aromatic carbocycles. The molecule has 0 aliphatic rings. The van der Waals surface area contributed by atoms with Gasteiger partial charge in [0.25, 0.3) is 0 Å². The first-order chi connectivity index (χ1) is 10.1. The van der Waals surface area contributed by atoms with Crippen LogP contribution in [-0.2, 0) is 0 Å². The molecule has 2 aromatic heterocycles. The van der Waals surface area contributed by atoms with Crippen molar-refractivity contribution in [2.45, 2.75) is 0 Å². The summed E-state index contributed by atoms with van der Waals surface area (Å²) in [6.07, 6.45) is 0. The highest BCUT2D eigenvalue weighted by Crippen LogP contribution is 2.38. The lowest BCUT2D eigenvalue weighted by Gasteiger charge is -2.01. The second-order valence-corrected chi connectivity index (χ2v) is 4.15. The van der Waals surface area contributed by atoms with Crippen LogP contribution < -0.4 is 5.73 Å². The normalized spacial score (nSPS) is 10.7. The number of halogens is 1. The molecule has 8 heteroatoms. The van der Waals surface area contributed by atoms with Gasteiger partial charge in [0, 0.05) is 5.56 Å². The third-order valence-electron chi connectivity index (χ3n) is 2.87. The summed E-state index contributed by atoms with van der Waals surface area (Å²) in [6, 6.07) is 8.43. The summed E-state index contributed by atoms with van der Waals surface area (Å²) in [7, 11) is 0. The molecule has 0 amide bonds. The Balaban J connectivity index is 2.17. The van der Waals surface area contributed by atoms with E-state index in [2.05, 4.69) is 5.16 Å². The van der Waals surface area contributed by atoms with Crippen molar-refractivity contribution in [2.75, 3.05) is 5.73 Å². The molecule has 0 bridgehead atoms. The Morgan fingerprint density at radius 2 is 2.00 bits per heavy atom. The number of anilines is 1. The van der Waals surface area contributed by atoms with Gasteiger partial charge in [-0.15, -0.1) is 0 Å². The van der Waals surface area contributed by atoms with Gasteiger partial charge in [-0.2, -0.15) is 0 Å². The molecule has 0 spiro atoms. The van der Waals surface area contributed by atoms with E-state index in [1.54, 1.807) is 6.07 Å². The predicted octanol–water partition coefficient (Wildman–Crippen LogP) is 3.23. The van der Waals surface area contributed by atoms with Crippen LogP contribution in [0.1, 0.15) is 0 Å². The number of nitrogen functional groups attached to an aromatic ring is 1. The molecule has 2 N–H and O–H groups in total. The zero-order valence-corrected chi connectivity index (χ0v) is 10.4. The minimum Gasteiger partial charge on any atom is -0.399 e. The quantitative estimate of drug-likeness (QED) is 0.585. The molecular formula is C13H8FN3O4. The van der Waals surface area contributed by atoms with Crippen molar-refractivity contribution < 1.29 is 18.3 Å². The van der Waals surface area contributed by atoms with Crippen molar-refractivity contribution in [2.24, 2.45) is 0 Å². The molecule has 2 heterocycles. The number of hydrogen-bond acceptors (Lipinski definition) is 6. The first kappa shape index (κ1) is 12.9. The second-order valence-electron chi connectivity index (χ2n) is 4.15. The standard InChI is InChI=1S/C13H8FN3O4/c14-8-4-2-1-3-7(8)11-12(16-21-13(11)15)9-5-6-10(20-9)17(18)19/h1-6H,15H2. The van der Waals surface area contributed by atoms with Crippen molar-refractivity contribution in [3.8, 4) is 22.6 Å². The van der Waals surface area contributed by atoms with E-state index in [1.807, 2.05) is 0 Å². The molecule has 3 aromatic rings. The Hall–Kier alpha value is -3.16. The Labute approximate surface area is 116 Å². The highest BCUT2D eigenvalue weighted by Gasteiger charge is 2.24. The van der Waals surface area contributed by atoms with Gasteiger partial charge < -0.3 is 14.7 Å². The number of hydrogen-bond donors (Lipinski definition) is 1. The largest absolute Gasteiger partial charge is 0.433 e. The van der Waals surface area contributed by atoms with Crippen molar-refractivity contribution in [1.29, 1.82) is 0 Å². The number of furan rings is 1. The number of nitrogens with zero attached hydrogens (tertiary/aromatic N) is 2. The van der Waals surface area contributed by atoms with Gasteiger partial charge in [-0.3, -0.25) is 10.1 Å². The van der Waals surface area contributed by atoms with Gasteiger partial charge in [-0.05, 0) is 12.1 Å². The van der Waals surface area contributed by atoms with Gasteiger partial charge in [-0.1, -0.05) is 23.4 Å². The molecule has 0 unspecified atom stereocenters. The molecule has 0 saturated heterocycles. The van der Waals surface area contributed by atoms with Crippen LogP contribution in [0.3, 0.4) is 0 Å². The van der Waals surface area contributed by atoms with Gasteiger partial charge in [0.05, 0.1) is 11.6 Å². The Morgan fingerprint density at radius 1 is 1.24 bits per heavy atom. The van der Waals surface area contributed by atoms with E-state index in [4.69, 9.17) is 14.7 Å². The maximum atomic E-state index is 13.9. The molecule has 7 nitrogen and oxygen atoms in total. The van der Waals surface area contributed by atoms with Gasteiger partial charge in [0.2, 0.25) is 5.88 Å². The Kier molecular flexibility index (Phi) is 2.90. The summed E-state index contributed by atoms with van der Waals surface area (Å²) >= 11 is 0. The SMILES string of the molecule is Nc1onc(-c2ccc([N+](=O)[O-])o2)c1-c1ccccc1F. The fourth-order valence-corrected chi connectivity index (χ4v) is 1.95. The van der Waals surface area contributed by atoms with Crippen LogP contribution in [0.25, 0.3) is 22.6 Å². The summed E-state index contributed by atoms with van der Waals surface area (Å²) in [5.41, 5.74) is 6.14. The maximum absolute atomic E-state index is 13.9. The van der Waals surface area contributed by atoms with Crippen LogP contribution in [0.5, 0.6) is 0 Å². The fraction of sp³-hybridized carbons (Fsp3) is 0.